The van der Waals surface area contributed by atoms with E-state index < -0.39 is 0 Å². The maximum absolute atomic E-state index is 6.30. The second kappa shape index (κ2) is 7.39. The van der Waals surface area contributed by atoms with Crippen molar-refractivity contribution in [1.29, 1.82) is 0 Å². The van der Waals surface area contributed by atoms with Gasteiger partial charge in [0, 0.05) is 6.04 Å². The van der Waals surface area contributed by atoms with Gasteiger partial charge in [-0.2, -0.15) is 0 Å². The molecule has 1 N–H and O–H groups in total. The topological polar surface area (TPSA) is 30.5 Å². The average molecular weight is 289 g/mol. The summed E-state index contributed by atoms with van der Waals surface area (Å²) in [5, 5.41) is 3.68. The number of benzene rings is 1. The number of ether oxygens (including phenoxy) is 2. The second-order valence-electron chi connectivity index (χ2n) is 6.32. The summed E-state index contributed by atoms with van der Waals surface area (Å²) in [6, 6.07) is 11.4. The molecule has 0 radical (unpaired) electrons. The molecule has 116 valence electrons. The molecule has 0 spiro atoms. The molecule has 1 heterocycles. The van der Waals surface area contributed by atoms with Gasteiger partial charge < -0.3 is 14.8 Å². The highest BCUT2D eigenvalue weighted by Crippen LogP contribution is 2.35. The summed E-state index contributed by atoms with van der Waals surface area (Å²) in [6.07, 6.45) is 5.41. The second-order valence-corrected chi connectivity index (χ2v) is 6.32. The van der Waals surface area contributed by atoms with Crippen LogP contribution in [0.5, 0.6) is 0 Å². The standard InChI is InChI=1S/C18H27NO2/c1-2-10-19-17-9-8-15(14-6-4-3-5-7-14)11-18(17)21-16-12-20-13-16/h3-7,15-19H,2,8-13H2,1H3. The van der Waals surface area contributed by atoms with Crippen molar-refractivity contribution in [3.63, 3.8) is 0 Å². The van der Waals surface area contributed by atoms with Crippen LogP contribution in [0.15, 0.2) is 30.3 Å². The van der Waals surface area contributed by atoms with Gasteiger partial charge in [-0.05, 0) is 43.7 Å². The molecule has 0 bridgehead atoms. The van der Waals surface area contributed by atoms with E-state index >= 15 is 0 Å². The van der Waals surface area contributed by atoms with Gasteiger partial charge in [0.15, 0.2) is 0 Å². The van der Waals surface area contributed by atoms with Crippen molar-refractivity contribution in [3.8, 4) is 0 Å². The van der Waals surface area contributed by atoms with Gasteiger partial charge in [0.25, 0.3) is 0 Å². The van der Waals surface area contributed by atoms with Crippen molar-refractivity contribution in [1.82, 2.24) is 5.32 Å². The quantitative estimate of drug-likeness (QED) is 0.873. The molecule has 1 aromatic carbocycles. The third-order valence-electron chi connectivity index (χ3n) is 4.69. The van der Waals surface area contributed by atoms with Gasteiger partial charge in [0.1, 0.15) is 6.10 Å². The minimum atomic E-state index is 0.315. The summed E-state index contributed by atoms with van der Waals surface area (Å²) >= 11 is 0. The third-order valence-corrected chi connectivity index (χ3v) is 4.69. The fraction of sp³-hybridized carbons (Fsp3) is 0.667. The van der Waals surface area contributed by atoms with E-state index in [-0.39, 0.29) is 0 Å². The number of hydrogen-bond donors (Lipinski definition) is 1. The Kier molecular flexibility index (Phi) is 5.28. The van der Waals surface area contributed by atoms with Gasteiger partial charge in [0.05, 0.1) is 19.3 Å². The fourth-order valence-corrected chi connectivity index (χ4v) is 3.41. The number of nitrogens with one attached hydrogen (secondary N) is 1. The maximum Gasteiger partial charge on any atom is 0.105 e. The lowest BCUT2D eigenvalue weighted by molar-refractivity contribution is -0.166. The first kappa shape index (κ1) is 15.0. The molecule has 3 heteroatoms. The Labute approximate surface area is 128 Å². The molecule has 1 saturated heterocycles. The lowest BCUT2D eigenvalue weighted by atomic mass is 9.79. The molecular weight excluding hydrogens is 262 g/mol. The summed E-state index contributed by atoms with van der Waals surface area (Å²) in [5.74, 6) is 0.636. The number of hydrogen-bond acceptors (Lipinski definition) is 3. The van der Waals surface area contributed by atoms with Crippen LogP contribution >= 0.6 is 0 Å². The summed E-state index contributed by atoms with van der Waals surface area (Å²) in [5.41, 5.74) is 1.46. The van der Waals surface area contributed by atoms with Crippen molar-refractivity contribution in [2.24, 2.45) is 0 Å². The molecule has 3 nitrogen and oxygen atoms in total. The van der Waals surface area contributed by atoms with Gasteiger partial charge in [-0.25, -0.2) is 0 Å². The van der Waals surface area contributed by atoms with E-state index in [2.05, 4.69) is 42.6 Å². The molecule has 1 saturated carbocycles. The van der Waals surface area contributed by atoms with Crippen molar-refractivity contribution in [2.75, 3.05) is 19.8 Å². The Hall–Kier alpha value is -0.900. The van der Waals surface area contributed by atoms with Crippen LogP contribution in [-0.4, -0.2) is 38.0 Å². The van der Waals surface area contributed by atoms with E-state index in [9.17, 15) is 0 Å². The Morgan fingerprint density at radius 3 is 2.67 bits per heavy atom. The van der Waals surface area contributed by atoms with Crippen LogP contribution in [0.2, 0.25) is 0 Å². The molecule has 3 atom stereocenters. The van der Waals surface area contributed by atoms with Crippen LogP contribution in [0.3, 0.4) is 0 Å². The lowest BCUT2D eigenvalue weighted by Crippen LogP contribution is -2.50. The maximum atomic E-state index is 6.30. The molecule has 1 aliphatic carbocycles. The van der Waals surface area contributed by atoms with E-state index in [1.807, 2.05) is 0 Å². The third kappa shape index (κ3) is 3.85. The van der Waals surface area contributed by atoms with Crippen LogP contribution in [0.1, 0.15) is 44.1 Å². The summed E-state index contributed by atoms with van der Waals surface area (Å²) < 4.78 is 11.6. The summed E-state index contributed by atoms with van der Waals surface area (Å²) in [7, 11) is 0. The van der Waals surface area contributed by atoms with Crippen molar-refractivity contribution >= 4 is 0 Å². The van der Waals surface area contributed by atoms with E-state index in [1.165, 1.54) is 24.8 Å². The molecule has 3 rings (SSSR count). The van der Waals surface area contributed by atoms with Crippen molar-refractivity contribution < 1.29 is 9.47 Å². The van der Waals surface area contributed by atoms with Crippen molar-refractivity contribution in [3.05, 3.63) is 35.9 Å². The molecule has 2 fully saturated rings. The van der Waals surface area contributed by atoms with Crippen LogP contribution < -0.4 is 5.32 Å². The Morgan fingerprint density at radius 1 is 1.19 bits per heavy atom. The minimum Gasteiger partial charge on any atom is -0.376 e. The van der Waals surface area contributed by atoms with Crippen molar-refractivity contribution in [2.45, 2.75) is 56.8 Å². The van der Waals surface area contributed by atoms with Gasteiger partial charge in [-0.15, -0.1) is 0 Å². The first-order valence-corrected chi connectivity index (χ1v) is 8.38. The normalized spacial score (nSPS) is 30.0. The van der Waals surface area contributed by atoms with E-state index in [0.29, 0.717) is 24.2 Å². The highest BCUT2D eigenvalue weighted by atomic mass is 16.6. The van der Waals surface area contributed by atoms with E-state index in [1.54, 1.807) is 0 Å². The molecule has 2 aliphatic rings. The zero-order chi connectivity index (χ0) is 14.5. The van der Waals surface area contributed by atoms with Crippen LogP contribution in [-0.2, 0) is 9.47 Å². The van der Waals surface area contributed by atoms with Gasteiger partial charge in [-0.1, -0.05) is 37.3 Å². The highest BCUT2D eigenvalue weighted by molar-refractivity contribution is 5.20. The monoisotopic (exact) mass is 289 g/mol. The predicted octanol–water partition coefficient (Wildman–Crippen LogP) is 3.11. The molecule has 1 aliphatic heterocycles. The predicted molar refractivity (Wildman–Crippen MR) is 84.6 cm³/mol. The zero-order valence-corrected chi connectivity index (χ0v) is 13.0. The Morgan fingerprint density at radius 2 is 2.00 bits per heavy atom. The smallest absolute Gasteiger partial charge is 0.105 e. The average Bonchev–Trinajstić information content (AvgIpc) is 2.50. The number of rotatable bonds is 6. The van der Waals surface area contributed by atoms with Gasteiger partial charge in [-0.3, -0.25) is 0 Å². The molecule has 1 aromatic rings. The largest absolute Gasteiger partial charge is 0.376 e. The van der Waals surface area contributed by atoms with Gasteiger partial charge >= 0.3 is 0 Å². The fourth-order valence-electron chi connectivity index (χ4n) is 3.41. The SMILES string of the molecule is CCCNC1CCC(c2ccccc2)CC1OC1COC1. The van der Waals surface area contributed by atoms with Gasteiger partial charge in [0.2, 0.25) is 0 Å². The lowest BCUT2D eigenvalue weighted by Gasteiger charge is -2.40. The van der Waals surface area contributed by atoms with Crippen LogP contribution in [0, 0.1) is 0 Å². The first-order valence-electron chi connectivity index (χ1n) is 8.38. The van der Waals surface area contributed by atoms with E-state index in [4.69, 9.17) is 9.47 Å². The Bertz CT molecular complexity index is 418. The van der Waals surface area contributed by atoms with Crippen LogP contribution in [0.25, 0.3) is 0 Å². The molecule has 0 amide bonds. The highest BCUT2D eigenvalue weighted by Gasteiger charge is 2.34. The minimum absolute atomic E-state index is 0.315. The first-order chi connectivity index (χ1) is 10.4. The van der Waals surface area contributed by atoms with Crippen LogP contribution in [0.4, 0.5) is 0 Å². The molecular formula is C18H27NO2. The Balaban J connectivity index is 1.63. The molecule has 0 aromatic heterocycles. The van der Waals surface area contributed by atoms with E-state index in [0.717, 1.165) is 26.2 Å². The summed E-state index contributed by atoms with van der Waals surface area (Å²) in [4.78, 5) is 0. The molecule has 21 heavy (non-hydrogen) atoms. The molecule has 3 unspecified atom stereocenters. The zero-order valence-electron chi connectivity index (χ0n) is 13.0. The summed E-state index contributed by atoms with van der Waals surface area (Å²) in [6.45, 7) is 4.85.